The van der Waals surface area contributed by atoms with Crippen molar-refractivity contribution in [2.75, 3.05) is 0 Å². The molecule has 2 N–H and O–H groups in total. The number of carboxylic acids is 1. The lowest BCUT2D eigenvalue weighted by molar-refractivity contribution is -0.137. The first-order chi connectivity index (χ1) is 13.2. The number of carbonyl (C=O) groups excluding carboxylic acids is 1. The van der Waals surface area contributed by atoms with Crippen LogP contribution in [-0.4, -0.2) is 22.0 Å². The summed E-state index contributed by atoms with van der Waals surface area (Å²) in [6, 6.07) is 10.2. The van der Waals surface area contributed by atoms with Crippen molar-refractivity contribution in [3.05, 3.63) is 77.2 Å². The van der Waals surface area contributed by atoms with Gasteiger partial charge in [-0.2, -0.15) is 13.2 Å². The third-order valence-corrected chi connectivity index (χ3v) is 3.85. The molecule has 0 aliphatic rings. The fraction of sp³-hybridized carbons (Fsp3) is 0.105. The second kappa shape index (κ2) is 7.55. The van der Waals surface area contributed by atoms with Crippen molar-refractivity contribution in [1.82, 2.24) is 10.3 Å². The van der Waals surface area contributed by atoms with Crippen molar-refractivity contribution in [2.45, 2.75) is 12.7 Å². The van der Waals surface area contributed by atoms with Crippen LogP contribution in [0.4, 0.5) is 13.2 Å². The van der Waals surface area contributed by atoms with E-state index in [1.54, 1.807) is 12.1 Å². The van der Waals surface area contributed by atoms with Crippen molar-refractivity contribution in [1.29, 1.82) is 0 Å². The van der Waals surface area contributed by atoms with Gasteiger partial charge in [0.2, 0.25) is 5.89 Å². The highest BCUT2D eigenvalue weighted by atomic mass is 19.4. The molecule has 6 nitrogen and oxygen atoms in total. The molecule has 0 unspecified atom stereocenters. The third-order valence-electron chi connectivity index (χ3n) is 3.85. The zero-order valence-corrected chi connectivity index (χ0v) is 14.2. The number of carboxylic acid groups (broad SMARTS) is 1. The minimum Gasteiger partial charge on any atom is -0.478 e. The molecule has 1 heterocycles. The molecule has 0 saturated carbocycles. The van der Waals surface area contributed by atoms with Crippen LogP contribution in [0.5, 0.6) is 0 Å². The number of aromatic carboxylic acids is 1. The first-order valence-electron chi connectivity index (χ1n) is 7.97. The van der Waals surface area contributed by atoms with Gasteiger partial charge in [-0.15, -0.1) is 0 Å². The maximum atomic E-state index is 12.6. The molecule has 9 heteroatoms. The number of hydrogen-bond donors (Lipinski definition) is 2. The van der Waals surface area contributed by atoms with Crippen LogP contribution in [0.15, 0.2) is 59.2 Å². The number of aromatic nitrogens is 1. The van der Waals surface area contributed by atoms with Gasteiger partial charge in [0.05, 0.1) is 11.1 Å². The van der Waals surface area contributed by atoms with E-state index in [-0.39, 0.29) is 23.7 Å². The lowest BCUT2D eigenvalue weighted by atomic mass is 10.1. The summed E-state index contributed by atoms with van der Waals surface area (Å²) < 4.78 is 43.0. The van der Waals surface area contributed by atoms with E-state index in [4.69, 9.17) is 9.52 Å². The summed E-state index contributed by atoms with van der Waals surface area (Å²) in [5.41, 5.74) is 0.292. The summed E-state index contributed by atoms with van der Waals surface area (Å²) in [6.45, 7) is 0.140. The Balaban J connectivity index is 1.64. The molecule has 28 heavy (non-hydrogen) atoms. The van der Waals surface area contributed by atoms with E-state index >= 15 is 0 Å². The normalized spacial score (nSPS) is 11.2. The van der Waals surface area contributed by atoms with Crippen LogP contribution >= 0.6 is 0 Å². The predicted octanol–water partition coefficient (Wildman–Crippen LogP) is 3.99. The SMILES string of the molecule is O=C(O)c1ccc(CNC(=O)c2coc(-c3ccc(C(F)(F)F)cc3)n2)cc1. The third kappa shape index (κ3) is 4.37. The molecule has 3 aromatic rings. The van der Waals surface area contributed by atoms with E-state index in [9.17, 15) is 22.8 Å². The minimum absolute atomic E-state index is 0.0182. The van der Waals surface area contributed by atoms with Crippen LogP contribution in [0.1, 0.15) is 32.0 Å². The highest BCUT2D eigenvalue weighted by Crippen LogP contribution is 2.30. The molecule has 0 fully saturated rings. The van der Waals surface area contributed by atoms with Crippen LogP contribution in [0.2, 0.25) is 0 Å². The molecule has 0 aliphatic carbocycles. The van der Waals surface area contributed by atoms with Gasteiger partial charge in [-0.1, -0.05) is 12.1 Å². The molecular weight excluding hydrogens is 377 g/mol. The highest BCUT2D eigenvalue weighted by Gasteiger charge is 2.30. The summed E-state index contributed by atoms with van der Waals surface area (Å²) in [4.78, 5) is 26.9. The Kier molecular flexibility index (Phi) is 5.16. The van der Waals surface area contributed by atoms with Crippen molar-refractivity contribution < 1.29 is 32.3 Å². The molecule has 144 valence electrons. The molecule has 1 aromatic heterocycles. The topological polar surface area (TPSA) is 92.4 Å². The Morgan fingerprint density at radius 3 is 2.25 bits per heavy atom. The minimum atomic E-state index is -4.44. The highest BCUT2D eigenvalue weighted by molar-refractivity contribution is 5.92. The van der Waals surface area contributed by atoms with Gasteiger partial charge in [-0.3, -0.25) is 4.79 Å². The van der Waals surface area contributed by atoms with Gasteiger partial charge in [0.15, 0.2) is 5.69 Å². The van der Waals surface area contributed by atoms with Gasteiger partial charge >= 0.3 is 12.1 Å². The maximum Gasteiger partial charge on any atom is 0.416 e. The van der Waals surface area contributed by atoms with Gasteiger partial charge in [0.25, 0.3) is 5.91 Å². The summed E-state index contributed by atoms with van der Waals surface area (Å²) in [7, 11) is 0. The average Bonchev–Trinajstić information content (AvgIpc) is 3.16. The molecule has 0 radical (unpaired) electrons. The molecule has 0 saturated heterocycles. The maximum absolute atomic E-state index is 12.6. The largest absolute Gasteiger partial charge is 0.478 e. The summed E-state index contributed by atoms with van der Waals surface area (Å²) in [5, 5.41) is 11.4. The zero-order chi connectivity index (χ0) is 20.3. The van der Waals surface area contributed by atoms with Crippen LogP contribution in [0.3, 0.4) is 0 Å². The number of hydrogen-bond acceptors (Lipinski definition) is 4. The number of alkyl halides is 3. The Morgan fingerprint density at radius 1 is 1.04 bits per heavy atom. The number of rotatable bonds is 5. The van der Waals surface area contributed by atoms with E-state index < -0.39 is 23.6 Å². The molecular formula is C19H13F3N2O4. The van der Waals surface area contributed by atoms with Gasteiger partial charge in [0, 0.05) is 12.1 Å². The molecule has 1 amide bonds. The predicted molar refractivity (Wildman–Crippen MR) is 91.5 cm³/mol. The second-order valence-electron chi connectivity index (χ2n) is 5.80. The fourth-order valence-corrected chi connectivity index (χ4v) is 2.35. The summed E-state index contributed by atoms with van der Waals surface area (Å²) in [5.74, 6) is -1.57. The summed E-state index contributed by atoms with van der Waals surface area (Å²) >= 11 is 0. The first kappa shape index (κ1) is 19.2. The van der Waals surface area contributed by atoms with Gasteiger partial charge in [-0.25, -0.2) is 9.78 Å². The van der Waals surface area contributed by atoms with Crippen LogP contribution < -0.4 is 5.32 Å². The number of carbonyl (C=O) groups is 2. The average molecular weight is 390 g/mol. The van der Waals surface area contributed by atoms with E-state index in [2.05, 4.69) is 10.3 Å². The van der Waals surface area contributed by atoms with Gasteiger partial charge in [0.1, 0.15) is 6.26 Å². The Bertz CT molecular complexity index is 993. The van der Waals surface area contributed by atoms with Gasteiger partial charge < -0.3 is 14.8 Å². The zero-order valence-electron chi connectivity index (χ0n) is 14.2. The van der Waals surface area contributed by atoms with Gasteiger partial charge in [-0.05, 0) is 42.0 Å². The molecule has 0 bridgehead atoms. The molecule has 0 aliphatic heterocycles. The number of amides is 1. The number of nitrogens with zero attached hydrogens (tertiary/aromatic N) is 1. The molecule has 0 spiro atoms. The van der Waals surface area contributed by atoms with Crippen molar-refractivity contribution >= 4 is 11.9 Å². The van der Waals surface area contributed by atoms with Crippen LogP contribution in [-0.2, 0) is 12.7 Å². The number of halogens is 3. The lowest BCUT2D eigenvalue weighted by Crippen LogP contribution is -2.23. The Morgan fingerprint density at radius 2 is 1.68 bits per heavy atom. The second-order valence-corrected chi connectivity index (χ2v) is 5.80. The molecule has 3 rings (SSSR count). The number of nitrogens with one attached hydrogen (secondary N) is 1. The monoisotopic (exact) mass is 390 g/mol. The first-order valence-corrected chi connectivity index (χ1v) is 7.97. The van der Waals surface area contributed by atoms with Crippen molar-refractivity contribution in [3.63, 3.8) is 0 Å². The lowest BCUT2D eigenvalue weighted by Gasteiger charge is -2.06. The quantitative estimate of drug-likeness (QED) is 0.687. The van der Waals surface area contributed by atoms with Crippen LogP contribution in [0, 0.1) is 0 Å². The van der Waals surface area contributed by atoms with E-state index in [1.807, 2.05) is 0 Å². The molecule has 0 atom stereocenters. The van der Waals surface area contributed by atoms with E-state index in [0.717, 1.165) is 18.4 Å². The fourth-order valence-electron chi connectivity index (χ4n) is 2.35. The van der Waals surface area contributed by atoms with Crippen molar-refractivity contribution in [3.8, 4) is 11.5 Å². The number of oxazole rings is 1. The van der Waals surface area contributed by atoms with E-state index in [0.29, 0.717) is 11.1 Å². The Hall–Kier alpha value is -3.62. The smallest absolute Gasteiger partial charge is 0.416 e. The number of benzene rings is 2. The van der Waals surface area contributed by atoms with Crippen LogP contribution in [0.25, 0.3) is 11.5 Å². The van der Waals surface area contributed by atoms with Crippen molar-refractivity contribution in [2.24, 2.45) is 0 Å². The summed E-state index contributed by atoms with van der Waals surface area (Å²) in [6.07, 6.45) is -3.33. The Labute approximate surface area is 156 Å². The molecule has 2 aromatic carbocycles. The van der Waals surface area contributed by atoms with E-state index in [1.165, 1.54) is 24.3 Å². The standard InChI is InChI=1S/C19H13F3N2O4/c20-19(21,22)14-7-5-12(6-8-14)17-24-15(10-28-17)16(25)23-9-11-1-3-13(4-2-11)18(26)27/h1-8,10H,9H2,(H,23,25)(H,26,27).